The summed E-state index contributed by atoms with van der Waals surface area (Å²) >= 11 is 1.97. The van der Waals surface area contributed by atoms with Crippen LogP contribution in [0.2, 0.25) is 0 Å². The molecule has 17 heavy (non-hydrogen) atoms. The Bertz CT molecular complexity index is 342. The molecule has 0 saturated heterocycles. The van der Waals surface area contributed by atoms with Gasteiger partial charge < -0.3 is 5.32 Å². The van der Waals surface area contributed by atoms with E-state index in [0.29, 0.717) is 0 Å². The highest BCUT2D eigenvalue weighted by Crippen LogP contribution is 2.43. The number of thiophene rings is 1. The first-order valence-corrected chi connectivity index (χ1v) is 7.85. The minimum Gasteiger partial charge on any atom is -0.317 e. The van der Waals surface area contributed by atoms with Crippen molar-refractivity contribution in [3.8, 4) is 0 Å². The van der Waals surface area contributed by atoms with Crippen LogP contribution in [0.3, 0.4) is 0 Å². The fourth-order valence-corrected chi connectivity index (χ4v) is 4.24. The topological polar surface area (TPSA) is 12.0 Å². The first-order chi connectivity index (χ1) is 8.22. The molecule has 1 aliphatic rings. The van der Waals surface area contributed by atoms with Crippen molar-refractivity contribution in [3.05, 3.63) is 21.9 Å². The third kappa shape index (κ3) is 3.11. The monoisotopic (exact) mass is 251 g/mol. The molecule has 1 aromatic heterocycles. The lowest BCUT2D eigenvalue weighted by Gasteiger charge is -2.35. The van der Waals surface area contributed by atoms with E-state index in [0.717, 1.165) is 24.3 Å². The van der Waals surface area contributed by atoms with Gasteiger partial charge in [-0.15, -0.1) is 11.3 Å². The van der Waals surface area contributed by atoms with Crippen LogP contribution in [0.25, 0.3) is 0 Å². The van der Waals surface area contributed by atoms with Gasteiger partial charge in [-0.3, -0.25) is 0 Å². The molecular formula is C15H25NS. The first-order valence-electron chi connectivity index (χ1n) is 6.97. The first kappa shape index (κ1) is 13.1. The van der Waals surface area contributed by atoms with Crippen LogP contribution in [-0.4, -0.2) is 13.1 Å². The van der Waals surface area contributed by atoms with E-state index < -0.39 is 0 Å². The zero-order valence-corrected chi connectivity index (χ0v) is 12.1. The normalized spacial score (nSPS) is 29.5. The lowest BCUT2D eigenvalue weighted by Crippen LogP contribution is -2.31. The van der Waals surface area contributed by atoms with Gasteiger partial charge in [0, 0.05) is 4.88 Å². The van der Waals surface area contributed by atoms with Crippen molar-refractivity contribution in [1.82, 2.24) is 5.32 Å². The molecule has 1 nitrogen and oxygen atoms in total. The molecule has 0 amide bonds. The molecule has 1 saturated carbocycles. The molecular weight excluding hydrogens is 226 g/mol. The van der Waals surface area contributed by atoms with Crippen LogP contribution in [-0.2, 0) is 0 Å². The average Bonchev–Trinajstić information content (AvgIpc) is 2.74. The van der Waals surface area contributed by atoms with Crippen LogP contribution in [0.4, 0.5) is 0 Å². The molecule has 1 aromatic rings. The highest BCUT2D eigenvalue weighted by Gasteiger charge is 2.30. The molecule has 0 bridgehead atoms. The van der Waals surface area contributed by atoms with E-state index in [9.17, 15) is 0 Å². The summed E-state index contributed by atoms with van der Waals surface area (Å²) in [7, 11) is 0. The fraction of sp³-hybridized carbons (Fsp3) is 0.733. The van der Waals surface area contributed by atoms with E-state index in [1.165, 1.54) is 31.4 Å². The molecule has 2 rings (SSSR count). The van der Waals surface area contributed by atoms with Crippen molar-refractivity contribution in [1.29, 1.82) is 0 Å². The molecule has 2 heteroatoms. The van der Waals surface area contributed by atoms with Crippen LogP contribution >= 0.6 is 11.3 Å². The van der Waals surface area contributed by atoms with Crippen LogP contribution in [0, 0.1) is 18.8 Å². The lowest BCUT2D eigenvalue weighted by molar-refractivity contribution is 0.245. The number of nitrogens with one attached hydrogen (secondary N) is 1. The second-order valence-electron chi connectivity index (χ2n) is 5.56. The van der Waals surface area contributed by atoms with E-state index in [1.54, 1.807) is 4.88 Å². The second-order valence-corrected chi connectivity index (χ2v) is 6.51. The third-order valence-electron chi connectivity index (χ3n) is 4.15. The van der Waals surface area contributed by atoms with Crippen molar-refractivity contribution < 1.29 is 0 Å². The van der Waals surface area contributed by atoms with Crippen molar-refractivity contribution in [3.63, 3.8) is 0 Å². The summed E-state index contributed by atoms with van der Waals surface area (Å²) in [6.45, 7) is 9.19. The van der Waals surface area contributed by atoms with Crippen molar-refractivity contribution >= 4 is 11.3 Å². The van der Waals surface area contributed by atoms with E-state index in [-0.39, 0.29) is 0 Å². The number of rotatable bonds is 4. The Morgan fingerprint density at radius 3 is 2.88 bits per heavy atom. The highest BCUT2D eigenvalue weighted by atomic mass is 32.1. The van der Waals surface area contributed by atoms with Gasteiger partial charge in [-0.1, -0.05) is 20.3 Å². The van der Waals surface area contributed by atoms with Gasteiger partial charge in [-0.05, 0) is 67.6 Å². The molecule has 1 aliphatic carbocycles. The second kappa shape index (κ2) is 6.01. The van der Waals surface area contributed by atoms with Crippen molar-refractivity contribution in [2.75, 3.05) is 13.1 Å². The molecule has 1 fully saturated rings. The van der Waals surface area contributed by atoms with Gasteiger partial charge in [0.1, 0.15) is 0 Å². The summed E-state index contributed by atoms with van der Waals surface area (Å²) in [5.74, 6) is 2.56. The minimum absolute atomic E-state index is 0.804. The maximum Gasteiger partial charge on any atom is 0.0109 e. The largest absolute Gasteiger partial charge is 0.317 e. The Hall–Kier alpha value is -0.340. The number of hydrogen-bond donors (Lipinski definition) is 1. The molecule has 96 valence electrons. The summed E-state index contributed by atoms with van der Waals surface area (Å²) in [5.41, 5.74) is 1.51. The van der Waals surface area contributed by atoms with Crippen LogP contribution in [0.1, 0.15) is 49.5 Å². The quantitative estimate of drug-likeness (QED) is 0.846. The van der Waals surface area contributed by atoms with Gasteiger partial charge in [0.05, 0.1) is 0 Å². The number of hydrogen-bond acceptors (Lipinski definition) is 2. The Labute approximate surface area is 110 Å². The molecule has 3 atom stereocenters. The predicted molar refractivity (Wildman–Crippen MR) is 76.8 cm³/mol. The van der Waals surface area contributed by atoms with Gasteiger partial charge in [-0.25, -0.2) is 0 Å². The summed E-state index contributed by atoms with van der Waals surface area (Å²) in [5, 5.41) is 5.81. The summed E-state index contributed by atoms with van der Waals surface area (Å²) in [6, 6.07) is 2.28. The predicted octanol–water partition coefficient (Wildman–Crippen LogP) is 4.19. The Balaban J connectivity index is 2.11. The van der Waals surface area contributed by atoms with Gasteiger partial charge in [0.15, 0.2) is 0 Å². The number of aryl methyl sites for hydroxylation is 1. The van der Waals surface area contributed by atoms with Crippen LogP contribution < -0.4 is 5.32 Å². The Morgan fingerprint density at radius 1 is 1.41 bits per heavy atom. The van der Waals surface area contributed by atoms with E-state index in [2.05, 4.69) is 37.5 Å². The third-order valence-corrected chi connectivity index (χ3v) is 5.30. The fourth-order valence-electron chi connectivity index (χ4n) is 3.10. The van der Waals surface area contributed by atoms with Crippen LogP contribution in [0.15, 0.2) is 11.4 Å². The molecule has 1 N–H and O–H groups in total. The molecule has 1 heterocycles. The average molecular weight is 251 g/mol. The van der Waals surface area contributed by atoms with E-state index in [1.807, 2.05) is 11.3 Å². The maximum atomic E-state index is 3.55. The smallest absolute Gasteiger partial charge is 0.0109 e. The van der Waals surface area contributed by atoms with Crippen molar-refractivity contribution in [2.24, 2.45) is 11.8 Å². The van der Waals surface area contributed by atoms with Gasteiger partial charge in [-0.2, -0.15) is 0 Å². The molecule has 0 spiro atoms. The zero-order chi connectivity index (χ0) is 12.3. The Kier molecular flexibility index (Phi) is 4.63. The summed E-state index contributed by atoms with van der Waals surface area (Å²) in [4.78, 5) is 1.65. The highest BCUT2D eigenvalue weighted by molar-refractivity contribution is 7.10. The van der Waals surface area contributed by atoms with E-state index >= 15 is 0 Å². The maximum absolute atomic E-state index is 3.55. The standard InChI is InChI=1S/C15H25NS/c1-4-16-10-13-6-5-11(2)9-14(13)15-12(3)7-8-17-15/h7-8,11,13-14,16H,4-6,9-10H2,1-3H3. The Morgan fingerprint density at radius 2 is 2.24 bits per heavy atom. The van der Waals surface area contributed by atoms with Gasteiger partial charge >= 0.3 is 0 Å². The zero-order valence-electron chi connectivity index (χ0n) is 11.3. The van der Waals surface area contributed by atoms with E-state index in [4.69, 9.17) is 0 Å². The van der Waals surface area contributed by atoms with Crippen molar-refractivity contribution in [2.45, 2.75) is 46.0 Å². The summed E-state index contributed by atoms with van der Waals surface area (Å²) in [6.07, 6.45) is 4.20. The molecule has 0 radical (unpaired) electrons. The van der Waals surface area contributed by atoms with Gasteiger partial charge in [0.25, 0.3) is 0 Å². The SMILES string of the molecule is CCNCC1CCC(C)CC1c1sccc1C. The summed E-state index contributed by atoms with van der Waals surface area (Å²) < 4.78 is 0. The minimum atomic E-state index is 0.804. The van der Waals surface area contributed by atoms with Gasteiger partial charge in [0.2, 0.25) is 0 Å². The van der Waals surface area contributed by atoms with Crippen LogP contribution in [0.5, 0.6) is 0 Å². The molecule has 3 unspecified atom stereocenters. The molecule has 0 aromatic carbocycles. The lowest BCUT2D eigenvalue weighted by atomic mass is 9.73. The molecule has 0 aliphatic heterocycles.